The standard InChI is InChI=1S/C25H23Cl2F2N5O4/c1-12(22(37)31-15-3-4-18-13(5-15)10-30-33(18)2)19-8-24(28,29)11-34(19)25(9-20(35)36)16-6-14(26)7-17(27)21(16)32-23(25)38/h3-7,10,12,19H,8-9,11H2,1-2H3,(H,31,37)(H,32,38)(H,35,36)/t12-,19-,25-/m1/s1. The fourth-order valence-electron chi connectivity index (χ4n) is 5.53. The van der Waals surface area contributed by atoms with E-state index >= 15 is 0 Å². The van der Waals surface area contributed by atoms with E-state index in [1.54, 1.807) is 36.1 Å². The molecule has 9 nitrogen and oxygen atoms in total. The van der Waals surface area contributed by atoms with Crippen LogP contribution in [0, 0.1) is 5.92 Å². The third-order valence-electron chi connectivity index (χ3n) is 7.33. The van der Waals surface area contributed by atoms with Crippen molar-refractivity contribution in [3.05, 3.63) is 52.1 Å². The second-order valence-electron chi connectivity index (χ2n) is 9.77. The molecule has 3 atom stereocenters. The van der Waals surface area contributed by atoms with Crippen LogP contribution in [0.25, 0.3) is 10.9 Å². The van der Waals surface area contributed by atoms with Crippen LogP contribution in [-0.2, 0) is 27.0 Å². The lowest BCUT2D eigenvalue weighted by Gasteiger charge is -2.41. The molecule has 1 aromatic heterocycles. The number of carboxylic acid groups (broad SMARTS) is 1. The number of amides is 2. The van der Waals surface area contributed by atoms with E-state index in [1.807, 2.05) is 0 Å². The molecular formula is C25H23Cl2F2N5O4. The number of hydrogen-bond donors (Lipinski definition) is 3. The largest absolute Gasteiger partial charge is 0.481 e. The Morgan fingerprint density at radius 3 is 2.74 bits per heavy atom. The number of carboxylic acids is 1. The first-order valence-electron chi connectivity index (χ1n) is 11.7. The van der Waals surface area contributed by atoms with Gasteiger partial charge in [0.2, 0.25) is 11.8 Å². The molecule has 1 saturated heterocycles. The first-order valence-corrected chi connectivity index (χ1v) is 12.5. The van der Waals surface area contributed by atoms with Crippen molar-refractivity contribution in [2.45, 2.75) is 37.3 Å². The lowest BCUT2D eigenvalue weighted by Crippen LogP contribution is -2.57. The van der Waals surface area contributed by atoms with Gasteiger partial charge in [0.1, 0.15) is 5.54 Å². The van der Waals surface area contributed by atoms with Crippen molar-refractivity contribution >= 4 is 63.3 Å². The van der Waals surface area contributed by atoms with Crippen LogP contribution in [0.1, 0.15) is 25.3 Å². The van der Waals surface area contributed by atoms with E-state index in [-0.39, 0.29) is 21.3 Å². The summed E-state index contributed by atoms with van der Waals surface area (Å²) >= 11 is 12.4. The zero-order valence-corrected chi connectivity index (χ0v) is 21.8. The summed E-state index contributed by atoms with van der Waals surface area (Å²) in [5.74, 6) is -7.11. The topological polar surface area (TPSA) is 117 Å². The lowest BCUT2D eigenvalue weighted by molar-refractivity contribution is -0.147. The number of alkyl halides is 2. The van der Waals surface area contributed by atoms with Gasteiger partial charge in [0.05, 0.1) is 41.3 Å². The van der Waals surface area contributed by atoms with Crippen LogP contribution in [-0.4, -0.2) is 56.1 Å². The molecule has 200 valence electrons. The maximum Gasteiger partial charge on any atom is 0.306 e. The third-order valence-corrected chi connectivity index (χ3v) is 7.84. The van der Waals surface area contributed by atoms with Crippen LogP contribution in [0.4, 0.5) is 20.2 Å². The van der Waals surface area contributed by atoms with Crippen molar-refractivity contribution in [1.29, 1.82) is 0 Å². The second kappa shape index (κ2) is 9.18. The average molecular weight is 566 g/mol. The number of nitrogens with one attached hydrogen (secondary N) is 2. The smallest absolute Gasteiger partial charge is 0.306 e. The van der Waals surface area contributed by atoms with Crippen LogP contribution in [0.15, 0.2) is 36.5 Å². The van der Waals surface area contributed by atoms with Crippen LogP contribution in [0.2, 0.25) is 10.0 Å². The minimum absolute atomic E-state index is 0.0483. The molecule has 0 unspecified atom stereocenters. The highest BCUT2D eigenvalue weighted by molar-refractivity contribution is 6.38. The zero-order chi connectivity index (χ0) is 27.6. The van der Waals surface area contributed by atoms with E-state index < -0.39 is 60.6 Å². The number of nitrogens with zero attached hydrogens (tertiary/aromatic N) is 3. The molecule has 2 aromatic carbocycles. The number of halogens is 4. The molecule has 1 fully saturated rings. The first kappa shape index (κ1) is 26.3. The second-order valence-corrected chi connectivity index (χ2v) is 10.6. The Morgan fingerprint density at radius 2 is 2.03 bits per heavy atom. The fourth-order valence-corrected chi connectivity index (χ4v) is 6.07. The van der Waals surface area contributed by atoms with Gasteiger partial charge in [0.15, 0.2) is 0 Å². The van der Waals surface area contributed by atoms with Crippen molar-refractivity contribution in [1.82, 2.24) is 14.7 Å². The predicted molar refractivity (Wildman–Crippen MR) is 138 cm³/mol. The van der Waals surface area contributed by atoms with Gasteiger partial charge in [-0.3, -0.25) is 24.0 Å². The van der Waals surface area contributed by atoms with E-state index in [1.165, 1.54) is 19.1 Å². The SMILES string of the molecule is C[C@@H](C(=O)Nc1ccc2c(cnn2C)c1)[C@H]1CC(F)(F)CN1[C@@]1(CC(=O)O)C(=O)Nc2c(Cl)cc(Cl)cc21. The molecule has 2 aliphatic rings. The highest BCUT2D eigenvalue weighted by Gasteiger charge is 2.62. The number of hydrogen-bond acceptors (Lipinski definition) is 5. The van der Waals surface area contributed by atoms with Gasteiger partial charge in [-0.1, -0.05) is 30.1 Å². The molecule has 5 rings (SSSR count). The van der Waals surface area contributed by atoms with Gasteiger partial charge in [-0.15, -0.1) is 0 Å². The molecule has 0 radical (unpaired) electrons. The summed E-state index contributed by atoms with van der Waals surface area (Å²) in [6.07, 6.45) is 0.0539. The maximum atomic E-state index is 15.0. The van der Waals surface area contributed by atoms with Crippen LogP contribution < -0.4 is 10.6 Å². The van der Waals surface area contributed by atoms with Crippen LogP contribution in [0.3, 0.4) is 0 Å². The molecule has 0 saturated carbocycles. The predicted octanol–water partition coefficient (Wildman–Crippen LogP) is 4.49. The van der Waals surface area contributed by atoms with Gasteiger partial charge < -0.3 is 15.7 Å². The summed E-state index contributed by atoms with van der Waals surface area (Å²) in [5.41, 5.74) is -0.570. The first-order chi connectivity index (χ1) is 17.8. The summed E-state index contributed by atoms with van der Waals surface area (Å²) in [7, 11) is 1.78. The molecule has 3 heterocycles. The number of likely N-dealkylation sites (tertiary alicyclic amines) is 1. The quantitative estimate of drug-likeness (QED) is 0.405. The summed E-state index contributed by atoms with van der Waals surface area (Å²) in [4.78, 5) is 39.9. The minimum Gasteiger partial charge on any atom is -0.481 e. The fraction of sp³-hybridized carbons (Fsp3) is 0.360. The molecule has 3 aromatic rings. The lowest BCUT2D eigenvalue weighted by atomic mass is 9.83. The van der Waals surface area contributed by atoms with Crippen molar-refractivity contribution in [3.8, 4) is 0 Å². The maximum absolute atomic E-state index is 15.0. The number of rotatable bonds is 6. The Balaban J connectivity index is 1.53. The van der Waals surface area contributed by atoms with E-state index in [0.717, 1.165) is 15.8 Å². The highest BCUT2D eigenvalue weighted by Crippen LogP contribution is 2.52. The van der Waals surface area contributed by atoms with Gasteiger partial charge >= 0.3 is 5.97 Å². The average Bonchev–Trinajstić information content (AvgIpc) is 3.45. The van der Waals surface area contributed by atoms with Crippen molar-refractivity contribution < 1.29 is 28.3 Å². The van der Waals surface area contributed by atoms with E-state index in [4.69, 9.17) is 23.2 Å². The number of fused-ring (bicyclic) bond motifs is 2. The summed E-state index contributed by atoms with van der Waals surface area (Å²) in [5, 5.41) is 20.2. The van der Waals surface area contributed by atoms with E-state index in [9.17, 15) is 28.3 Å². The number of aliphatic carboxylic acids is 1. The van der Waals surface area contributed by atoms with Crippen molar-refractivity contribution in [2.24, 2.45) is 13.0 Å². The molecule has 0 spiro atoms. The van der Waals surface area contributed by atoms with Crippen molar-refractivity contribution in [2.75, 3.05) is 17.2 Å². The summed E-state index contributed by atoms with van der Waals surface area (Å²) < 4.78 is 31.6. The third kappa shape index (κ3) is 4.28. The summed E-state index contributed by atoms with van der Waals surface area (Å²) in [6, 6.07) is 6.70. The monoisotopic (exact) mass is 565 g/mol. The molecule has 0 aliphatic carbocycles. The Labute approximate surface area is 225 Å². The van der Waals surface area contributed by atoms with Gasteiger partial charge in [-0.2, -0.15) is 5.10 Å². The number of carbonyl (C=O) groups excluding carboxylic acids is 2. The van der Waals surface area contributed by atoms with Crippen molar-refractivity contribution in [3.63, 3.8) is 0 Å². The van der Waals surface area contributed by atoms with Gasteiger partial charge in [0.25, 0.3) is 5.92 Å². The van der Waals surface area contributed by atoms with Gasteiger partial charge in [-0.25, -0.2) is 8.78 Å². The zero-order valence-electron chi connectivity index (χ0n) is 20.3. The number of benzene rings is 2. The van der Waals surface area contributed by atoms with E-state index in [2.05, 4.69) is 15.7 Å². The molecular weight excluding hydrogens is 543 g/mol. The highest BCUT2D eigenvalue weighted by atomic mass is 35.5. The molecule has 38 heavy (non-hydrogen) atoms. The number of anilines is 2. The Hall–Kier alpha value is -3.28. The number of aryl methyl sites for hydroxylation is 1. The molecule has 2 aliphatic heterocycles. The molecule has 2 amide bonds. The van der Waals surface area contributed by atoms with E-state index in [0.29, 0.717) is 5.69 Å². The van der Waals surface area contributed by atoms with Gasteiger partial charge in [-0.05, 0) is 30.3 Å². The molecule has 13 heteroatoms. The number of carbonyl (C=O) groups is 3. The summed E-state index contributed by atoms with van der Waals surface area (Å²) in [6.45, 7) is 0.547. The number of aromatic nitrogens is 2. The Morgan fingerprint density at radius 1 is 1.29 bits per heavy atom. The van der Waals surface area contributed by atoms with Crippen LogP contribution >= 0.6 is 23.2 Å². The Kier molecular flexibility index (Phi) is 6.36. The Bertz CT molecular complexity index is 1500. The minimum atomic E-state index is -3.29. The molecule has 3 N–H and O–H groups in total. The van der Waals surface area contributed by atoms with Gasteiger partial charge in [0, 0.05) is 41.2 Å². The van der Waals surface area contributed by atoms with Crippen LogP contribution in [0.5, 0.6) is 0 Å². The normalized spacial score (nSPS) is 23.3. The molecule has 0 bridgehead atoms.